The molecule has 0 aromatic heterocycles. The van der Waals surface area contributed by atoms with Gasteiger partial charge in [-0.15, -0.1) is 0 Å². The van der Waals surface area contributed by atoms with Gasteiger partial charge >= 0.3 is 0 Å². The Morgan fingerprint density at radius 2 is 1.94 bits per heavy atom. The van der Waals surface area contributed by atoms with Gasteiger partial charge in [0, 0.05) is 19.1 Å². The number of piperidine rings is 1. The second-order valence-electron chi connectivity index (χ2n) is 6.03. The number of rotatable bonds is 4. The van der Waals surface area contributed by atoms with Crippen LogP contribution in [-0.4, -0.2) is 36.5 Å². The highest BCUT2D eigenvalue weighted by atomic mass is 16.2. The molecule has 1 aliphatic heterocycles. The number of hydrogen-bond donors (Lipinski definition) is 1. The van der Waals surface area contributed by atoms with Crippen LogP contribution in [0.3, 0.4) is 0 Å². The highest BCUT2D eigenvalue weighted by Crippen LogP contribution is 2.33. The first-order chi connectivity index (χ1) is 8.72. The standard InChI is InChI=1S/C15H28N2O/c1-3-13-7-8-14(12(13)2)16-11-15(18)17-9-5-4-6-10-17/h12-14,16H,3-11H2,1-2H3. The van der Waals surface area contributed by atoms with E-state index in [0.29, 0.717) is 18.5 Å². The Kier molecular flexibility index (Phi) is 5.04. The average molecular weight is 252 g/mol. The van der Waals surface area contributed by atoms with Gasteiger partial charge < -0.3 is 10.2 Å². The first kappa shape index (κ1) is 13.9. The zero-order valence-electron chi connectivity index (χ0n) is 12.0. The molecule has 104 valence electrons. The van der Waals surface area contributed by atoms with Gasteiger partial charge in [0.05, 0.1) is 6.54 Å². The van der Waals surface area contributed by atoms with Crippen LogP contribution in [0.25, 0.3) is 0 Å². The van der Waals surface area contributed by atoms with Crippen molar-refractivity contribution in [2.75, 3.05) is 19.6 Å². The molecule has 3 unspecified atom stereocenters. The van der Waals surface area contributed by atoms with E-state index in [0.717, 1.165) is 24.9 Å². The summed E-state index contributed by atoms with van der Waals surface area (Å²) >= 11 is 0. The highest BCUT2D eigenvalue weighted by Gasteiger charge is 2.31. The van der Waals surface area contributed by atoms with Gasteiger partial charge in [-0.2, -0.15) is 0 Å². The van der Waals surface area contributed by atoms with E-state index in [1.807, 2.05) is 4.90 Å². The van der Waals surface area contributed by atoms with Crippen molar-refractivity contribution in [2.45, 2.75) is 58.4 Å². The van der Waals surface area contributed by atoms with Gasteiger partial charge in [-0.25, -0.2) is 0 Å². The van der Waals surface area contributed by atoms with E-state index in [-0.39, 0.29) is 0 Å². The molecule has 0 spiro atoms. The third-order valence-corrected chi connectivity index (χ3v) is 4.98. The van der Waals surface area contributed by atoms with E-state index in [4.69, 9.17) is 0 Å². The second kappa shape index (κ2) is 6.55. The lowest BCUT2D eigenvalue weighted by molar-refractivity contribution is -0.131. The molecule has 1 saturated heterocycles. The van der Waals surface area contributed by atoms with Crippen LogP contribution in [0.1, 0.15) is 52.4 Å². The summed E-state index contributed by atoms with van der Waals surface area (Å²) < 4.78 is 0. The number of nitrogens with one attached hydrogen (secondary N) is 1. The largest absolute Gasteiger partial charge is 0.342 e. The Labute approximate surface area is 111 Å². The summed E-state index contributed by atoms with van der Waals surface area (Å²) in [6.45, 7) is 7.11. The summed E-state index contributed by atoms with van der Waals surface area (Å²) in [5, 5.41) is 3.50. The maximum absolute atomic E-state index is 12.1. The van der Waals surface area contributed by atoms with Crippen molar-refractivity contribution in [1.82, 2.24) is 10.2 Å². The van der Waals surface area contributed by atoms with Crippen molar-refractivity contribution in [2.24, 2.45) is 11.8 Å². The molecule has 3 heteroatoms. The van der Waals surface area contributed by atoms with Crippen LogP contribution >= 0.6 is 0 Å². The van der Waals surface area contributed by atoms with Gasteiger partial charge in [-0.1, -0.05) is 20.3 Å². The SMILES string of the molecule is CCC1CCC(NCC(=O)N2CCCCC2)C1C. The number of carbonyl (C=O) groups excluding carboxylic acids is 1. The van der Waals surface area contributed by atoms with E-state index in [2.05, 4.69) is 19.2 Å². The molecule has 1 N–H and O–H groups in total. The van der Waals surface area contributed by atoms with Crippen molar-refractivity contribution in [3.8, 4) is 0 Å². The van der Waals surface area contributed by atoms with Crippen molar-refractivity contribution in [3.63, 3.8) is 0 Å². The molecule has 0 radical (unpaired) electrons. The van der Waals surface area contributed by atoms with Gasteiger partial charge in [0.15, 0.2) is 0 Å². The fraction of sp³-hybridized carbons (Fsp3) is 0.933. The summed E-state index contributed by atoms with van der Waals surface area (Å²) in [6.07, 6.45) is 7.50. The summed E-state index contributed by atoms with van der Waals surface area (Å²) in [7, 11) is 0. The summed E-state index contributed by atoms with van der Waals surface area (Å²) in [5.41, 5.74) is 0. The van der Waals surface area contributed by atoms with Crippen molar-refractivity contribution in [3.05, 3.63) is 0 Å². The van der Waals surface area contributed by atoms with Gasteiger partial charge in [0.1, 0.15) is 0 Å². The zero-order valence-corrected chi connectivity index (χ0v) is 12.0. The van der Waals surface area contributed by atoms with E-state index in [1.54, 1.807) is 0 Å². The van der Waals surface area contributed by atoms with Crippen LogP contribution in [0.15, 0.2) is 0 Å². The van der Waals surface area contributed by atoms with Crippen LogP contribution in [-0.2, 0) is 4.79 Å². The first-order valence-electron chi connectivity index (χ1n) is 7.73. The molecule has 1 saturated carbocycles. The Bertz CT molecular complexity index is 274. The average Bonchev–Trinajstić information content (AvgIpc) is 2.77. The minimum absolute atomic E-state index is 0.307. The topological polar surface area (TPSA) is 32.3 Å². The molecule has 0 aromatic rings. The molecule has 2 rings (SSSR count). The number of amides is 1. The third-order valence-electron chi connectivity index (χ3n) is 4.98. The maximum atomic E-state index is 12.1. The first-order valence-corrected chi connectivity index (χ1v) is 7.73. The molecule has 18 heavy (non-hydrogen) atoms. The Hall–Kier alpha value is -0.570. The monoisotopic (exact) mass is 252 g/mol. The molecule has 1 heterocycles. The number of hydrogen-bond acceptors (Lipinski definition) is 2. The number of nitrogens with zero attached hydrogens (tertiary/aromatic N) is 1. The molecular weight excluding hydrogens is 224 g/mol. The predicted octanol–water partition coefficient (Wildman–Crippen LogP) is 2.41. The Morgan fingerprint density at radius 1 is 1.22 bits per heavy atom. The summed E-state index contributed by atoms with van der Waals surface area (Å²) in [5.74, 6) is 1.89. The van der Waals surface area contributed by atoms with Crippen LogP contribution in [0, 0.1) is 11.8 Å². The minimum atomic E-state index is 0.307. The lowest BCUT2D eigenvalue weighted by atomic mass is 9.93. The van der Waals surface area contributed by atoms with Crippen LogP contribution in [0.4, 0.5) is 0 Å². The van der Waals surface area contributed by atoms with Crippen molar-refractivity contribution >= 4 is 5.91 Å². The van der Waals surface area contributed by atoms with Crippen molar-refractivity contribution in [1.29, 1.82) is 0 Å². The minimum Gasteiger partial charge on any atom is -0.342 e. The summed E-state index contributed by atoms with van der Waals surface area (Å²) in [4.78, 5) is 14.1. The van der Waals surface area contributed by atoms with Gasteiger partial charge in [-0.05, 0) is 43.9 Å². The van der Waals surface area contributed by atoms with E-state index < -0.39 is 0 Å². The normalized spacial score (nSPS) is 32.8. The fourth-order valence-corrected chi connectivity index (χ4v) is 3.59. The van der Waals surface area contributed by atoms with Crippen molar-refractivity contribution < 1.29 is 4.79 Å². The fourth-order valence-electron chi connectivity index (χ4n) is 3.59. The number of likely N-dealkylation sites (tertiary alicyclic amines) is 1. The highest BCUT2D eigenvalue weighted by molar-refractivity contribution is 5.78. The molecule has 3 nitrogen and oxygen atoms in total. The third kappa shape index (κ3) is 3.25. The smallest absolute Gasteiger partial charge is 0.236 e. The molecule has 3 atom stereocenters. The molecule has 2 aliphatic rings. The van der Waals surface area contributed by atoms with Crippen LogP contribution in [0.5, 0.6) is 0 Å². The van der Waals surface area contributed by atoms with Gasteiger partial charge in [-0.3, -0.25) is 4.79 Å². The molecule has 0 aromatic carbocycles. The molecule has 2 fully saturated rings. The van der Waals surface area contributed by atoms with E-state index in [1.165, 1.54) is 38.5 Å². The number of carbonyl (C=O) groups is 1. The van der Waals surface area contributed by atoms with Crippen LogP contribution < -0.4 is 5.32 Å². The molecule has 0 bridgehead atoms. The molecule has 1 aliphatic carbocycles. The quantitative estimate of drug-likeness (QED) is 0.833. The Morgan fingerprint density at radius 3 is 2.56 bits per heavy atom. The molecule has 1 amide bonds. The lowest BCUT2D eigenvalue weighted by Gasteiger charge is -2.28. The van der Waals surface area contributed by atoms with Crippen LogP contribution in [0.2, 0.25) is 0 Å². The zero-order chi connectivity index (χ0) is 13.0. The van der Waals surface area contributed by atoms with Gasteiger partial charge in [0.25, 0.3) is 0 Å². The van der Waals surface area contributed by atoms with Gasteiger partial charge in [0.2, 0.25) is 5.91 Å². The molecular formula is C15H28N2O. The predicted molar refractivity (Wildman–Crippen MR) is 74.4 cm³/mol. The second-order valence-corrected chi connectivity index (χ2v) is 6.03. The summed E-state index contributed by atoms with van der Waals surface area (Å²) in [6, 6.07) is 0.559. The van der Waals surface area contributed by atoms with E-state index >= 15 is 0 Å². The Balaban J connectivity index is 1.72. The maximum Gasteiger partial charge on any atom is 0.236 e. The van der Waals surface area contributed by atoms with E-state index in [9.17, 15) is 4.79 Å². The lowest BCUT2D eigenvalue weighted by Crippen LogP contribution is -2.44.